The number of halogens is 2. The van der Waals surface area contributed by atoms with Gasteiger partial charge in [0, 0.05) is 19.6 Å². The maximum absolute atomic E-state index is 13.5. The predicted molar refractivity (Wildman–Crippen MR) is 106 cm³/mol. The molecule has 1 fully saturated rings. The summed E-state index contributed by atoms with van der Waals surface area (Å²) in [6.45, 7) is 4.75. The Morgan fingerprint density at radius 2 is 2.25 bits per heavy atom. The summed E-state index contributed by atoms with van der Waals surface area (Å²) in [5.41, 5.74) is 0.913. The van der Waals surface area contributed by atoms with E-state index in [-0.39, 0.29) is 41.9 Å². The molecule has 0 bridgehead atoms. The fraction of sp³-hybridized carbons (Fsp3) is 0.588. The van der Waals surface area contributed by atoms with Gasteiger partial charge in [0.15, 0.2) is 5.96 Å². The molecular formula is C17H28FIN4O. The summed E-state index contributed by atoms with van der Waals surface area (Å²) in [7, 11) is 3.94. The van der Waals surface area contributed by atoms with E-state index in [1.807, 2.05) is 32.0 Å². The highest BCUT2D eigenvalue weighted by Gasteiger charge is 2.23. The highest BCUT2D eigenvalue weighted by Crippen LogP contribution is 2.20. The van der Waals surface area contributed by atoms with Gasteiger partial charge >= 0.3 is 0 Å². The van der Waals surface area contributed by atoms with Crippen molar-refractivity contribution in [3.05, 3.63) is 35.6 Å². The zero-order valence-corrected chi connectivity index (χ0v) is 16.9. The van der Waals surface area contributed by atoms with Crippen molar-refractivity contribution in [3.63, 3.8) is 0 Å². The number of hydrogen-bond donors (Lipinski definition) is 2. The number of β-amino-alcohol motifs (C(OH)–C–C–N with tert-alkyl or cyclic N) is 1. The summed E-state index contributed by atoms with van der Waals surface area (Å²) >= 11 is 0. The lowest BCUT2D eigenvalue weighted by molar-refractivity contribution is 0.187. The number of nitrogens with zero attached hydrogens (tertiary/aromatic N) is 3. The van der Waals surface area contributed by atoms with Crippen molar-refractivity contribution < 1.29 is 9.50 Å². The smallest absolute Gasteiger partial charge is 0.194 e. The Morgan fingerprint density at radius 1 is 1.50 bits per heavy atom. The Labute approximate surface area is 161 Å². The van der Waals surface area contributed by atoms with Gasteiger partial charge in [0.1, 0.15) is 5.82 Å². The average molecular weight is 450 g/mol. The first-order valence-electron chi connectivity index (χ1n) is 8.14. The maximum Gasteiger partial charge on any atom is 0.194 e. The molecule has 1 saturated heterocycles. The normalized spacial score (nSPS) is 19.3. The van der Waals surface area contributed by atoms with Crippen molar-refractivity contribution in [2.24, 2.45) is 4.99 Å². The first-order chi connectivity index (χ1) is 11.0. The number of likely N-dealkylation sites (tertiary alicyclic amines) is 1. The second-order valence-corrected chi connectivity index (χ2v) is 6.12. The fourth-order valence-corrected chi connectivity index (χ4v) is 2.81. The van der Waals surface area contributed by atoms with Crippen LogP contribution in [0.5, 0.6) is 0 Å². The maximum atomic E-state index is 13.5. The number of aliphatic hydroxyl groups excluding tert-OH is 1. The molecule has 0 aliphatic carbocycles. The number of hydrogen-bond acceptors (Lipinski definition) is 3. The molecule has 1 aliphatic heterocycles. The number of likely N-dealkylation sites (N-methyl/N-ethyl adjacent to an activating group) is 1. The van der Waals surface area contributed by atoms with Crippen molar-refractivity contribution in [2.75, 3.05) is 40.3 Å². The third-order valence-corrected chi connectivity index (χ3v) is 4.07. The zero-order chi connectivity index (χ0) is 16.8. The van der Waals surface area contributed by atoms with Gasteiger partial charge in [0.25, 0.3) is 0 Å². The minimum Gasteiger partial charge on any atom is -0.391 e. The van der Waals surface area contributed by atoms with Crippen LogP contribution in [0.25, 0.3) is 0 Å². The molecule has 2 rings (SSSR count). The Kier molecular flexibility index (Phi) is 8.93. The lowest BCUT2D eigenvalue weighted by Crippen LogP contribution is -2.41. The third kappa shape index (κ3) is 5.86. The van der Waals surface area contributed by atoms with Crippen molar-refractivity contribution >= 4 is 29.9 Å². The highest BCUT2D eigenvalue weighted by atomic mass is 127. The number of aliphatic hydroxyl groups is 1. The largest absolute Gasteiger partial charge is 0.391 e. The lowest BCUT2D eigenvalue weighted by Gasteiger charge is -2.25. The van der Waals surface area contributed by atoms with E-state index in [4.69, 9.17) is 4.99 Å². The predicted octanol–water partition coefficient (Wildman–Crippen LogP) is 2.08. The first-order valence-corrected chi connectivity index (χ1v) is 8.14. The summed E-state index contributed by atoms with van der Waals surface area (Å²) in [6.07, 6.45) is 0.484. The van der Waals surface area contributed by atoms with Gasteiger partial charge in [-0.15, -0.1) is 24.0 Å². The van der Waals surface area contributed by atoms with Crippen LogP contribution in [0.15, 0.2) is 29.3 Å². The summed E-state index contributed by atoms with van der Waals surface area (Å²) in [5, 5.41) is 13.0. The van der Waals surface area contributed by atoms with Crippen molar-refractivity contribution in [2.45, 2.75) is 25.5 Å². The van der Waals surface area contributed by atoms with Crippen LogP contribution in [0.3, 0.4) is 0 Å². The van der Waals surface area contributed by atoms with Crippen LogP contribution >= 0.6 is 24.0 Å². The van der Waals surface area contributed by atoms with Gasteiger partial charge in [-0.1, -0.05) is 12.1 Å². The molecule has 1 aromatic rings. The van der Waals surface area contributed by atoms with Crippen molar-refractivity contribution in [3.8, 4) is 0 Å². The van der Waals surface area contributed by atoms with E-state index in [1.165, 1.54) is 6.07 Å². The molecule has 136 valence electrons. The molecule has 24 heavy (non-hydrogen) atoms. The molecule has 0 aromatic heterocycles. The number of aliphatic imine (C=N–C) groups is 1. The quantitative estimate of drug-likeness (QED) is 0.410. The van der Waals surface area contributed by atoms with E-state index in [0.29, 0.717) is 13.1 Å². The summed E-state index contributed by atoms with van der Waals surface area (Å²) in [6, 6.07) is 6.68. The van der Waals surface area contributed by atoms with Crippen LogP contribution in [-0.2, 0) is 0 Å². The van der Waals surface area contributed by atoms with Crippen LogP contribution in [0, 0.1) is 5.82 Å². The molecule has 0 radical (unpaired) electrons. The lowest BCUT2D eigenvalue weighted by atomic mass is 10.1. The van der Waals surface area contributed by atoms with E-state index < -0.39 is 0 Å². The van der Waals surface area contributed by atoms with Crippen LogP contribution in [-0.4, -0.2) is 67.2 Å². The number of benzene rings is 1. The van der Waals surface area contributed by atoms with Crippen LogP contribution in [0.2, 0.25) is 0 Å². The van der Waals surface area contributed by atoms with Crippen LogP contribution in [0.1, 0.15) is 24.9 Å². The van der Waals surface area contributed by atoms with Crippen LogP contribution in [0.4, 0.5) is 4.39 Å². The standard InChI is InChI=1S/C17H27FN4O.HI/c1-4-19-17(22-9-8-15(23)12-22)20-11-16(21(2)3)13-6-5-7-14(18)10-13;/h5-7,10,15-16,23H,4,8-9,11-12H2,1-3H3,(H,19,20);1H/t15-,16?;/m1./s1. The second-order valence-electron chi connectivity index (χ2n) is 6.12. The van der Waals surface area contributed by atoms with Gasteiger partial charge in [-0.3, -0.25) is 4.99 Å². The average Bonchev–Trinajstić information content (AvgIpc) is 2.92. The Morgan fingerprint density at radius 3 is 2.79 bits per heavy atom. The Balaban J connectivity index is 0.00000288. The molecule has 1 heterocycles. The monoisotopic (exact) mass is 450 g/mol. The third-order valence-electron chi connectivity index (χ3n) is 4.07. The molecule has 1 aliphatic rings. The Bertz CT molecular complexity index is 541. The second kappa shape index (κ2) is 10.1. The Hall–Kier alpha value is -0.930. The fourth-order valence-electron chi connectivity index (χ4n) is 2.81. The van der Waals surface area contributed by atoms with Crippen molar-refractivity contribution in [1.29, 1.82) is 0 Å². The topological polar surface area (TPSA) is 51.1 Å². The summed E-state index contributed by atoms with van der Waals surface area (Å²) in [5.74, 6) is 0.584. The minimum absolute atomic E-state index is 0. The van der Waals surface area contributed by atoms with Gasteiger partial charge in [-0.25, -0.2) is 4.39 Å². The van der Waals surface area contributed by atoms with E-state index in [2.05, 4.69) is 10.2 Å². The number of rotatable bonds is 5. The van der Waals surface area contributed by atoms with Crippen LogP contribution < -0.4 is 5.32 Å². The van der Waals surface area contributed by atoms with Gasteiger partial charge in [0.2, 0.25) is 0 Å². The van der Waals surface area contributed by atoms with Gasteiger partial charge in [-0.2, -0.15) is 0 Å². The van der Waals surface area contributed by atoms with E-state index in [1.54, 1.807) is 12.1 Å². The van der Waals surface area contributed by atoms with E-state index in [9.17, 15) is 9.50 Å². The minimum atomic E-state index is -0.285. The SMILES string of the molecule is CCNC(=NCC(c1cccc(F)c1)N(C)C)N1CC[C@@H](O)C1.I. The highest BCUT2D eigenvalue weighted by molar-refractivity contribution is 14.0. The molecule has 0 saturated carbocycles. The molecule has 7 heteroatoms. The van der Waals surface area contributed by atoms with Gasteiger partial charge < -0.3 is 20.2 Å². The molecule has 1 aromatic carbocycles. The molecule has 0 spiro atoms. The van der Waals surface area contributed by atoms with Gasteiger partial charge in [-0.05, 0) is 45.1 Å². The molecule has 5 nitrogen and oxygen atoms in total. The summed E-state index contributed by atoms with van der Waals surface area (Å²) < 4.78 is 13.5. The molecule has 2 N–H and O–H groups in total. The van der Waals surface area contributed by atoms with E-state index in [0.717, 1.165) is 31.0 Å². The zero-order valence-electron chi connectivity index (χ0n) is 14.6. The summed E-state index contributed by atoms with van der Waals surface area (Å²) in [4.78, 5) is 8.83. The number of guanidine groups is 1. The molecule has 1 unspecified atom stereocenters. The number of nitrogens with one attached hydrogen (secondary N) is 1. The van der Waals surface area contributed by atoms with Gasteiger partial charge in [0.05, 0.1) is 18.7 Å². The molecule has 2 atom stereocenters. The van der Waals surface area contributed by atoms with Crippen molar-refractivity contribution in [1.82, 2.24) is 15.1 Å². The van der Waals surface area contributed by atoms with E-state index >= 15 is 0 Å². The molecule has 0 amide bonds. The molecular weight excluding hydrogens is 422 g/mol. The first kappa shape index (κ1) is 21.1.